The van der Waals surface area contributed by atoms with E-state index < -0.39 is 44.1 Å². The number of aryl methyl sites for hydroxylation is 1. The summed E-state index contributed by atoms with van der Waals surface area (Å²) < 4.78 is 113. The monoisotopic (exact) mass is 742 g/mol. The van der Waals surface area contributed by atoms with Crippen LogP contribution >= 0.6 is 14.3 Å². The summed E-state index contributed by atoms with van der Waals surface area (Å²) in [5, 5.41) is 1.46. The van der Waals surface area contributed by atoms with Gasteiger partial charge in [0.2, 0.25) is 0 Å². The zero-order valence-corrected chi connectivity index (χ0v) is 29.3. The largest absolute Gasteiger partial charge is 0.586 e. The molecular weight excluding hydrogens is 714 g/mol. The van der Waals surface area contributed by atoms with Gasteiger partial charge < -0.3 is 28.1 Å². The Kier molecular flexibility index (Phi) is 7.90. The first kappa shape index (κ1) is 33.8. The lowest BCUT2D eigenvalue weighted by Crippen LogP contribution is -2.29. The van der Waals surface area contributed by atoms with Crippen LogP contribution in [0, 0.1) is 13.8 Å². The van der Waals surface area contributed by atoms with Crippen LogP contribution in [0.15, 0.2) is 133 Å². The van der Waals surface area contributed by atoms with Crippen molar-refractivity contribution in [3.05, 3.63) is 145 Å². The van der Waals surface area contributed by atoms with Gasteiger partial charge in [-0.25, -0.2) is 0 Å². The molecule has 0 fully saturated rings. The molecule has 0 spiro atoms. The van der Waals surface area contributed by atoms with Crippen LogP contribution in [0.25, 0.3) is 11.1 Å². The van der Waals surface area contributed by atoms with Crippen molar-refractivity contribution in [3.63, 3.8) is 0 Å². The Balaban J connectivity index is 1.54. The van der Waals surface area contributed by atoms with Crippen molar-refractivity contribution >= 4 is 46.1 Å². The van der Waals surface area contributed by atoms with E-state index in [0.717, 1.165) is 0 Å². The molecule has 6 nitrogen and oxygen atoms in total. The molecule has 0 unspecified atom stereocenters. The first-order chi connectivity index (χ1) is 24.8. The van der Waals surface area contributed by atoms with Crippen molar-refractivity contribution in [2.75, 3.05) is 0 Å². The number of hydrogen-bond acceptors (Lipinski definition) is 6. The van der Waals surface area contributed by atoms with Crippen molar-refractivity contribution in [1.82, 2.24) is 0 Å². The highest BCUT2D eigenvalue weighted by atomic mass is 31.2. The second-order valence-corrected chi connectivity index (χ2v) is 17.8. The molecule has 6 aromatic rings. The molecule has 2 aliphatic rings. The molecule has 6 aromatic carbocycles. The summed E-state index contributed by atoms with van der Waals surface area (Å²) in [5.74, 6) is -1.91. The van der Waals surface area contributed by atoms with Crippen LogP contribution in [-0.4, -0.2) is 12.6 Å². The third-order valence-electron chi connectivity index (χ3n) is 9.17. The average molecular weight is 743 g/mol. The number of hydrogen-bond donors (Lipinski definition) is 0. The van der Waals surface area contributed by atoms with Gasteiger partial charge in [0.05, 0.1) is 0 Å². The van der Waals surface area contributed by atoms with E-state index in [9.17, 15) is 0 Å². The minimum atomic E-state index is -4.19. The summed E-state index contributed by atoms with van der Waals surface area (Å²) in [6.07, 6.45) is -8.35. The maximum absolute atomic E-state index is 16.0. The first-order valence-corrected chi connectivity index (χ1v) is 19.6. The van der Waals surface area contributed by atoms with E-state index in [1.807, 2.05) is 0 Å². The van der Waals surface area contributed by atoms with Crippen molar-refractivity contribution in [1.29, 1.82) is 0 Å². The number of ether oxygens (including phenoxy) is 4. The van der Waals surface area contributed by atoms with Crippen LogP contribution in [-0.2, 0) is 9.13 Å². The molecule has 0 aromatic heterocycles. The number of benzene rings is 6. The number of fused-ring (bicyclic) bond motifs is 2. The Labute approximate surface area is 296 Å². The Bertz CT molecular complexity index is 2360. The van der Waals surface area contributed by atoms with Crippen LogP contribution in [0.1, 0.15) is 11.1 Å². The molecule has 2 heterocycles. The zero-order valence-electron chi connectivity index (χ0n) is 27.6. The number of alkyl halides is 4. The van der Waals surface area contributed by atoms with Crippen LogP contribution < -0.4 is 50.8 Å². The maximum atomic E-state index is 16.0. The van der Waals surface area contributed by atoms with Crippen LogP contribution in [0.3, 0.4) is 0 Å². The molecule has 0 aliphatic carbocycles. The van der Waals surface area contributed by atoms with Gasteiger partial charge in [-0.15, -0.1) is 17.6 Å². The van der Waals surface area contributed by atoms with E-state index in [4.69, 9.17) is 18.9 Å². The normalized spacial score (nSPS) is 15.4. The molecule has 52 heavy (non-hydrogen) atoms. The van der Waals surface area contributed by atoms with E-state index in [2.05, 4.69) is 0 Å². The summed E-state index contributed by atoms with van der Waals surface area (Å²) in [6, 6.07) is 36.6. The van der Waals surface area contributed by atoms with E-state index in [0.29, 0.717) is 21.2 Å². The summed E-state index contributed by atoms with van der Waals surface area (Å²) >= 11 is 0. The van der Waals surface area contributed by atoms with Crippen molar-refractivity contribution < 1.29 is 45.6 Å². The molecule has 0 atom stereocenters. The predicted octanol–water partition coefficient (Wildman–Crippen LogP) is 7.89. The molecule has 2 aliphatic heterocycles. The van der Waals surface area contributed by atoms with Crippen molar-refractivity contribution in [2.24, 2.45) is 0 Å². The highest BCUT2D eigenvalue weighted by Crippen LogP contribution is 2.59. The van der Waals surface area contributed by atoms with Gasteiger partial charge in [-0.2, -0.15) is 0 Å². The molecule has 8 rings (SSSR count). The van der Waals surface area contributed by atoms with Crippen molar-refractivity contribution in [3.8, 4) is 34.1 Å². The van der Waals surface area contributed by atoms with Gasteiger partial charge in [0.15, 0.2) is 37.3 Å². The van der Waals surface area contributed by atoms with E-state index >= 15 is 26.7 Å². The second kappa shape index (κ2) is 12.1. The molecule has 12 heteroatoms. The van der Waals surface area contributed by atoms with Gasteiger partial charge in [-0.3, -0.25) is 0 Å². The fourth-order valence-electron chi connectivity index (χ4n) is 6.86. The Morgan fingerprint density at radius 2 is 0.827 bits per heavy atom. The van der Waals surface area contributed by atoms with E-state index in [-0.39, 0.29) is 38.6 Å². The van der Waals surface area contributed by atoms with Crippen LogP contribution in [0.2, 0.25) is 0 Å². The lowest BCUT2D eigenvalue weighted by Gasteiger charge is -2.26. The van der Waals surface area contributed by atoms with Gasteiger partial charge in [0.25, 0.3) is 0 Å². The topological polar surface area (TPSA) is 71.1 Å². The SMILES string of the molecule is Cc1cc(P(=O)(c2ccccc2)c2ccccc2)c(-c2cc(P(=O)(c3ccccc3)c3ccccc3)c(C)c3c2OC(F)(F)O3)c2c1OC(F)(F)O2. The molecule has 0 N–H and O–H groups in total. The van der Waals surface area contributed by atoms with Crippen LogP contribution in [0.4, 0.5) is 17.6 Å². The van der Waals surface area contributed by atoms with Gasteiger partial charge in [0, 0.05) is 48.5 Å². The highest BCUT2D eigenvalue weighted by Gasteiger charge is 2.52. The molecule has 0 amide bonds. The van der Waals surface area contributed by atoms with Crippen molar-refractivity contribution in [2.45, 2.75) is 26.4 Å². The smallest absolute Gasteiger partial charge is 0.395 e. The Hall–Kier alpha value is -5.30. The summed E-state index contributed by atoms with van der Waals surface area (Å²) in [6.45, 7) is 2.98. The first-order valence-electron chi connectivity index (χ1n) is 16.1. The Morgan fingerprint density at radius 3 is 1.27 bits per heavy atom. The molecule has 0 saturated carbocycles. The van der Waals surface area contributed by atoms with Gasteiger partial charge >= 0.3 is 12.6 Å². The lowest BCUT2D eigenvalue weighted by molar-refractivity contribution is -0.288. The Morgan fingerprint density at radius 1 is 0.462 bits per heavy atom. The molecule has 262 valence electrons. The summed E-state index contributed by atoms with van der Waals surface area (Å²) in [7, 11) is -7.99. The second-order valence-electron chi connectivity index (χ2n) is 12.4. The summed E-state index contributed by atoms with van der Waals surface area (Å²) in [5.41, 5.74) is -0.280. The molecular formula is C40H28F4O6P2. The van der Waals surface area contributed by atoms with E-state index in [1.54, 1.807) is 121 Å². The minimum Gasteiger partial charge on any atom is -0.395 e. The molecule has 0 saturated heterocycles. The van der Waals surface area contributed by atoms with E-state index in [1.165, 1.54) is 26.0 Å². The quantitative estimate of drug-likeness (QED) is 0.123. The number of rotatable bonds is 7. The third-order valence-corrected chi connectivity index (χ3v) is 15.4. The van der Waals surface area contributed by atoms with Gasteiger partial charge in [0.1, 0.15) is 0 Å². The zero-order chi connectivity index (χ0) is 36.5. The minimum absolute atomic E-state index is 0.0208. The third kappa shape index (κ3) is 5.32. The highest BCUT2D eigenvalue weighted by molar-refractivity contribution is 7.86. The summed E-state index contributed by atoms with van der Waals surface area (Å²) in [4.78, 5) is 0. The standard InChI is InChI=1S/C40H28F4O6P2/c1-25-23-33(52(46,29-19-11-5-12-20-29)30-21-13-6-14-22-30)34(38-35(25)47-39(41,42)50-38)31-24-32(26(2)36-37(31)49-40(43,44)48-36)51(45,27-15-7-3-8-16-27)28-17-9-4-10-18-28/h3-24H,1-2H3. The van der Waals surface area contributed by atoms with Crippen LogP contribution in [0.5, 0.6) is 23.0 Å². The molecule has 0 bridgehead atoms. The fourth-order valence-corrected chi connectivity index (χ4v) is 12.7. The number of halogens is 4. The fraction of sp³-hybridized carbons (Fsp3) is 0.100. The maximum Gasteiger partial charge on any atom is 0.586 e. The predicted molar refractivity (Wildman–Crippen MR) is 193 cm³/mol. The average Bonchev–Trinajstić information content (AvgIpc) is 3.68. The van der Waals surface area contributed by atoms with Gasteiger partial charge in [-0.05, 0) is 31.5 Å². The lowest BCUT2D eigenvalue weighted by atomic mass is 9.98. The van der Waals surface area contributed by atoms with Gasteiger partial charge in [-0.1, -0.05) is 121 Å². The molecule has 0 radical (unpaired) electrons.